The Hall–Kier alpha value is -0.890. The highest BCUT2D eigenvalue weighted by molar-refractivity contribution is 5.27. The number of halogens is 1. The third-order valence-corrected chi connectivity index (χ3v) is 4.22. The van der Waals surface area contributed by atoms with Gasteiger partial charge in [0, 0.05) is 6.04 Å². The summed E-state index contributed by atoms with van der Waals surface area (Å²) in [5, 5.41) is 3.57. The van der Waals surface area contributed by atoms with Gasteiger partial charge in [-0.05, 0) is 42.0 Å². The first-order valence-corrected chi connectivity index (χ1v) is 6.67. The van der Waals surface area contributed by atoms with Gasteiger partial charge in [-0.1, -0.05) is 39.3 Å². The molecule has 0 spiro atoms. The summed E-state index contributed by atoms with van der Waals surface area (Å²) in [6.07, 6.45) is 1.18. The van der Waals surface area contributed by atoms with Gasteiger partial charge in [-0.3, -0.25) is 0 Å². The molecule has 0 saturated heterocycles. The highest BCUT2D eigenvalue weighted by atomic mass is 19.1. The Bertz CT molecular complexity index is 360. The summed E-state index contributed by atoms with van der Waals surface area (Å²) in [6.45, 7) is 7.73. The van der Waals surface area contributed by atoms with Gasteiger partial charge >= 0.3 is 0 Å². The third kappa shape index (κ3) is 2.23. The Morgan fingerprint density at radius 3 is 2.35 bits per heavy atom. The summed E-state index contributed by atoms with van der Waals surface area (Å²) < 4.78 is 12.9. The molecule has 2 heteroatoms. The molecule has 4 atom stereocenters. The predicted octanol–water partition coefficient (Wildman–Crippen LogP) is 3.56. The second kappa shape index (κ2) is 5.18. The van der Waals surface area contributed by atoms with Crippen LogP contribution in [0.5, 0.6) is 0 Å². The third-order valence-electron chi connectivity index (χ3n) is 4.22. The van der Waals surface area contributed by atoms with Crippen molar-refractivity contribution in [3.63, 3.8) is 0 Å². The summed E-state index contributed by atoms with van der Waals surface area (Å²) in [5.41, 5.74) is 1.29. The van der Waals surface area contributed by atoms with Crippen LogP contribution in [0.1, 0.15) is 38.7 Å². The van der Waals surface area contributed by atoms with Crippen LogP contribution < -0.4 is 5.32 Å². The second-order valence-electron chi connectivity index (χ2n) is 5.09. The van der Waals surface area contributed by atoms with E-state index in [2.05, 4.69) is 26.1 Å². The van der Waals surface area contributed by atoms with Crippen molar-refractivity contribution in [3.05, 3.63) is 35.6 Å². The van der Waals surface area contributed by atoms with Gasteiger partial charge in [0.25, 0.3) is 0 Å². The van der Waals surface area contributed by atoms with Gasteiger partial charge in [0.05, 0.1) is 0 Å². The lowest BCUT2D eigenvalue weighted by molar-refractivity contribution is 0.0799. The lowest BCUT2D eigenvalue weighted by atomic mass is 9.58. The number of nitrogens with one attached hydrogen (secondary N) is 1. The maximum absolute atomic E-state index is 12.9. The molecule has 94 valence electrons. The van der Waals surface area contributed by atoms with E-state index in [1.807, 2.05) is 12.1 Å². The molecule has 0 bridgehead atoms. The maximum atomic E-state index is 12.9. The van der Waals surface area contributed by atoms with Gasteiger partial charge in [-0.2, -0.15) is 0 Å². The zero-order chi connectivity index (χ0) is 12.4. The fourth-order valence-corrected chi connectivity index (χ4v) is 3.40. The van der Waals surface area contributed by atoms with Gasteiger partial charge in [0.15, 0.2) is 0 Å². The molecule has 1 aliphatic carbocycles. The smallest absolute Gasteiger partial charge is 0.123 e. The highest BCUT2D eigenvalue weighted by Crippen LogP contribution is 2.49. The average molecular weight is 235 g/mol. The lowest BCUT2D eigenvalue weighted by Gasteiger charge is -2.51. The van der Waals surface area contributed by atoms with Crippen molar-refractivity contribution in [1.29, 1.82) is 0 Å². The molecule has 1 nitrogen and oxygen atoms in total. The normalized spacial score (nSPS) is 32.2. The number of benzene rings is 1. The second-order valence-corrected chi connectivity index (χ2v) is 5.09. The van der Waals surface area contributed by atoms with Crippen LogP contribution >= 0.6 is 0 Å². The Kier molecular flexibility index (Phi) is 3.82. The van der Waals surface area contributed by atoms with E-state index in [0.29, 0.717) is 23.8 Å². The Balaban J connectivity index is 2.14. The fraction of sp³-hybridized carbons (Fsp3) is 0.600. The lowest BCUT2D eigenvalue weighted by Crippen LogP contribution is -2.55. The van der Waals surface area contributed by atoms with Crippen LogP contribution in [0, 0.1) is 17.7 Å². The van der Waals surface area contributed by atoms with Crippen molar-refractivity contribution in [2.24, 2.45) is 11.8 Å². The van der Waals surface area contributed by atoms with E-state index >= 15 is 0 Å². The van der Waals surface area contributed by atoms with Crippen LogP contribution in [0.25, 0.3) is 0 Å². The Morgan fingerprint density at radius 1 is 1.18 bits per heavy atom. The van der Waals surface area contributed by atoms with Crippen molar-refractivity contribution >= 4 is 0 Å². The van der Waals surface area contributed by atoms with E-state index in [1.165, 1.54) is 12.0 Å². The largest absolute Gasteiger partial charge is 0.314 e. The molecule has 4 unspecified atom stereocenters. The molecule has 2 rings (SSSR count). The first-order chi connectivity index (χ1) is 8.19. The Labute approximate surface area is 103 Å². The van der Waals surface area contributed by atoms with Crippen molar-refractivity contribution < 1.29 is 4.39 Å². The average Bonchev–Trinajstić information content (AvgIpc) is 2.34. The Morgan fingerprint density at radius 2 is 1.82 bits per heavy atom. The highest BCUT2D eigenvalue weighted by Gasteiger charge is 2.46. The van der Waals surface area contributed by atoms with E-state index in [1.54, 1.807) is 12.1 Å². The molecule has 17 heavy (non-hydrogen) atoms. The molecule has 0 amide bonds. The molecule has 1 fully saturated rings. The van der Waals surface area contributed by atoms with Gasteiger partial charge in [-0.15, -0.1) is 0 Å². The molecule has 0 heterocycles. The number of hydrogen-bond donors (Lipinski definition) is 1. The van der Waals surface area contributed by atoms with Gasteiger partial charge in [-0.25, -0.2) is 4.39 Å². The monoisotopic (exact) mass is 235 g/mol. The fourth-order valence-electron chi connectivity index (χ4n) is 3.40. The van der Waals surface area contributed by atoms with Crippen LogP contribution in [-0.4, -0.2) is 12.6 Å². The standard InChI is InChI=1S/C15H22FN/c1-4-13-14(10(3)15(13)17-5-2)11-6-8-12(16)9-7-11/h6-10,13-15,17H,4-5H2,1-3H3. The quantitative estimate of drug-likeness (QED) is 0.841. The first-order valence-electron chi connectivity index (χ1n) is 6.67. The molecule has 1 aromatic carbocycles. The molecule has 0 radical (unpaired) electrons. The van der Waals surface area contributed by atoms with E-state index in [-0.39, 0.29) is 5.82 Å². The summed E-state index contributed by atoms with van der Waals surface area (Å²) in [4.78, 5) is 0. The van der Waals surface area contributed by atoms with Crippen LogP contribution in [0.3, 0.4) is 0 Å². The van der Waals surface area contributed by atoms with Gasteiger partial charge in [0.2, 0.25) is 0 Å². The van der Waals surface area contributed by atoms with E-state index in [0.717, 1.165) is 6.54 Å². The minimum absolute atomic E-state index is 0.142. The zero-order valence-electron chi connectivity index (χ0n) is 10.9. The minimum atomic E-state index is -0.142. The van der Waals surface area contributed by atoms with Gasteiger partial charge < -0.3 is 5.32 Å². The topological polar surface area (TPSA) is 12.0 Å². The van der Waals surface area contributed by atoms with E-state index in [4.69, 9.17) is 0 Å². The van der Waals surface area contributed by atoms with Crippen LogP contribution in [-0.2, 0) is 0 Å². The SMILES string of the molecule is CCNC1C(C)C(c2ccc(F)cc2)C1CC. The van der Waals surface area contributed by atoms with Gasteiger partial charge in [0.1, 0.15) is 5.82 Å². The van der Waals surface area contributed by atoms with Crippen molar-refractivity contribution in [2.45, 2.75) is 39.2 Å². The van der Waals surface area contributed by atoms with Crippen LogP contribution in [0.4, 0.5) is 4.39 Å². The molecule has 1 N–H and O–H groups in total. The summed E-state index contributed by atoms with van der Waals surface area (Å²) in [6, 6.07) is 7.67. The molecule has 0 aromatic heterocycles. The van der Waals surface area contributed by atoms with Crippen LogP contribution in [0.15, 0.2) is 24.3 Å². The molecule has 1 aliphatic rings. The molecule has 1 aromatic rings. The molecular weight excluding hydrogens is 213 g/mol. The molecule has 1 saturated carbocycles. The van der Waals surface area contributed by atoms with E-state index < -0.39 is 0 Å². The summed E-state index contributed by atoms with van der Waals surface area (Å²) >= 11 is 0. The van der Waals surface area contributed by atoms with Crippen molar-refractivity contribution in [3.8, 4) is 0 Å². The summed E-state index contributed by atoms with van der Waals surface area (Å²) in [7, 11) is 0. The minimum Gasteiger partial charge on any atom is -0.314 e. The number of rotatable bonds is 4. The predicted molar refractivity (Wildman–Crippen MR) is 69.6 cm³/mol. The number of hydrogen-bond acceptors (Lipinski definition) is 1. The molecular formula is C15H22FN. The van der Waals surface area contributed by atoms with Crippen LogP contribution in [0.2, 0.25) is 0 Å². The summed E-state index contributed by atoms with van der Waals surface area (Å²) in [5.74, 6) is 1.78. The maximum Gasteiger partial charge on any atom is 0.123 e. The zero-order valence-corrected chi connectivity index (χ0v) is 10.9. The van der Waals surface area contributed by atoms with E-state index in [9.17, 15) is 4.39 Å². The van der Waals surface area contributed by atoms with Crippen molar-refractivity contribution in [1.82, 2.24) is 5.32 Å². The van der Waals surface area contributed by atoms with Crippen molar-refractivity contribution in [2.75, 3.05) is 6.54 Å². The molecule has 0 aliphatic heterocycles. The first kappa shape index (κ1) is 12.6.